The summed E-state index contributed by atoms with van der Waals surface area (Å²) in [5.74, 6) is -0.671. The summed E-state index contributed by atoms with van der Waals surface area (Å²) in [4.78, 5) is 1.87. The fraction of sp³-hybridized carbons (Fsp3) is 0.538. The van der Waals surface area contributed by atoms with Gasteiger partial charge in [-0.05, 0) is 18.6 Å². The first-order chi connectivity index (χ1) is 8.65. The first-order valence-corrected chi connectivity index (χ1v) is 6.14. The lowest BCUT2D eigenvalue weighted by atomic mass is 10.0. The Labute approximate surface area is 105 Å². The molecule has 0 amide bonds. The van der Waals surface area contributed by atoms with Crippen molar-refractivity contribution in [2.75, 3.05) is 32.9 Å². The first-order valence-electron chi connectivity index (χ1n) is 6.14. The zero-order valence-corrected chi connectivity index (χ0v) is 10.4. The Balaban J connectivity index is 2.34. The van der Waals surface area contributed by atoms with E-state index in [0.717, 1.165) is 13.1 Å². The smallest absolute Gasteiger partial charge is 0.131 e. The molecule has 1 aliphatic heterocycles. The SMILES string of the molecule is Cc1ccc(F)c([C@H](CF)N2CCNCC2)c1O. The molecule has 1 atom stereocenters. The van der Waals surface area contributed by atoms with E-state index in [0.29, 0.717) is 18.7 Å². The van der Waals surface area contributed by atoms with Crippen molar-refractivity contribution >= 4 is 0 Å². The predicted octanol–water partition coefficient (Wildman–Crippen LogP) is 1.76. The number of hydrogen-bond acceptors (Lipinski definition) is 3. The lowest BCUT2D eigenvalue weighted by Gasteiger charge is -2.34. The number of nitrogens with one attached hydrogen (secondary N) is 1. The molecule has 0 unspecified atom stereocenters. The van der Waals surface area contributed by atoms with Crippen molar-refractivity contribution < 1.29 is 13.9 Å². The molecule has 100 valence electrons. The van der Waals surface area contributed by atoms with E-state index in [1.165, 1.54) is 12.1 Å². The van der Waals surface area contributed by atoms with E-state index in [1.54, 1.807) is 6.92 Å². The standard InChI is InChI=1S/C13H18F2N2O/c1-9-2-3-10(15)12(13(9)18)11(8-14)17-6-4-16-5-7-17/h2-3,11,16,18H,4-8H2,1H3/t11-/m0/s1. The van der Waals surface area contributed by atoms with Crippen LogP contribution in [0.15, 0.2) is 12.1 Å². The van der Waals surface area contributed by atoms with Crippen LogP contribution in [0.25, 0.3) is 0 Å². The molecule has 0 radical (unpaired) electrons. The molecule has 1 fully saturated rings. The number of phenolic OH excluding ortho intramolecular Hbond substituents is 1. The van der Waals surface area contributed by atoms with E-state index >= 15 is 0 Å². The van der Waals surface area contributed by atoms with Gasteiger partial charge in [-0.1, -0.05) is 6.07 Å². The Hall–Kier alpha value is -1.20. The molecule has 0 spiro atoms. The summed E-state index contributed by atoms with van der Waals surface area (Å²) in [5.41, 5.74) is 0.652. The van der Waals surface area contributed by atoms with Crippen molar-refractivity contribution in [3.63, 3.8) is 0 Å². The number of aryl methyl sites for hydroxylation is 1. The molecule has 1 aromatic rings. The number of aromatic hydroxyl groups is 1. The van der Waals surface area contributed by atoms with Crippen molar-refractivity contribution in [3.8, 4) is 5.75 Å². The zero-order valence-electron chi connectivity index (χ0n) is 10.4. The largest absolute Gasteiger partial charge is 0.507 e. The van der Waals surface area contributed by atoms with Crippen molar-refractivity contribution in [3.05, 3.63) is 29.1 Å². The zero-order chi connectivity index (χ0) is 13.1. The van der Waals surface area contributed by atoms with E-state index in [4.69, 9.17) is 0 Å². The molecular formula is C13H18F2N2O. The summed E-state index contributed by atoms with van der Waals surface area (Å²) in [6, 6.07) is 2.09. The number of halogens is 2. The summed E-state index contributed by atoms with van der Waals surface area (Å²) >= 11 is 0. The summed E-state index contributed by atoms with van der Waals surface area (Å²) in [5, 5.41) is 13.1. The monoisotopic (exact) mass is 256 g/mol. The average molecular weight is 256 g/mol. The Morgan fingerprint density at radius 2 is 2.06 bits per heavy atom. The van der Waals surface area contributed by atoms with Gasteiger partial charge in [-0.2, -0.15) is 0 Å². The van der Waals surface area contributed by atoms with Gasteiger partial charge < -0.3 is 10.4 Å². The van der Waals surface area contributed by atoms with Gasteiger partial charge in [0.05, 0.1) is 6.04 Å². The average Bonchev–Trinajstić information content (AvgIpc) is 2.40. The molecule has 0 aromatic heterocycles. The minimum Gasteiger partial charge on any atom is -0.507 e. The second-order valence-electron chi connectivity index (χ2n) is 4.58. The lowest BCUT2D eigenvalue weighted by Crippen LogP contribution is -2.45. The molecule has 1 heterocycles. The lowest BCUT2D eigenvalue weighted by molar-refractivity contribution is 0.142. The fourth-order valence-electron chi connectivity index (χ4n) is 2.36. The Morgan fingerprint density at radius 3 is 2.67 bits per heavy atom. The van der Waals surface area contributed by atoms with Gasteiger partial charge in [0.2, 0.25) is 0 Å². The topological polar surface area (TPSA) is 35.5 Å². The normalized spacial score (nSPS) is 18.8. The molecular weight excluding hydrogens is 238 g/mol. The van der Waals surface area contributed by atoms with Crippen molar-refractivity contribution in [2.45, 2.75) is 13.0 Å². The molecule has 0 saturated carbocycles. The Bertz CT molecular complexity index is 420. The van der Waals surface area contributed by atoms with Crippen molar-refractivity contribution in [2.24, 2.45) is 0 Å². The molecule has 1 saturated heterocycles. The summed E-state index contributed by atoms with van der Waals surface area (Å²) in [7, 11) is 0. The molecule has 3 nitrogen and oxygen atoms in total. The van der Waals surface area contributed by atoms with Crippen LogP contribution in [0.4, 0.5) is 8.78 Å². The molecule has 5 heteroatoms. The number of hydrogen-bond donors (Lipinski definition) is 2. The van der Waals surface area contributed by atoms with E-state index < -0.39 is 18.5 Å². The molecule has 18 heavy (non-hydrogen) atoms. The second kappa shape index (κ2) is 5.63. The molecule has 0 bridgehead atoms. The van der Waals surface area contributed by atoms with Crippen molar-refractivity contribution in [1.29, 1.82) is 0 Å². The van der Waals surface area contributed by atoms with Gasteiger partial charge in [0.15, 0.2) is 0 Å². The molecule has 2 rings (SSSR count). The molecule has 1 aromatic carbocycles. The highest BCUT2D eigenvalue weighted by atomic mass is 19.1. The van der Waals surface area contributed by atoms with Gasteiger partial charge in [0, 0.05) is 31.7 Å². The summed E-state index contributed by atoms with van der Waals surface area (Å²) in [6.07, 6.45) is 0. The van der Waals surface area contributed by atoms with Crippen LogP contribution in [0.3, 0.4) is 0 Å². The molecule has 1 aliphatic rings. The van der Waals surface area contributed by atoms with Crippen LogP contribution >= 0.6 is 0 Å². The van der Waals surface area contributed by atoms with Gasteiger partial charge in [-0.25, -0.2) is 8.78 Å². The van der Waals surface area contributed by atoms with Crippen LogP contribution < -0.4 is 5.32 Å². The number of nitrogens with zero attached hydrogens (tertiary/aromatic N) is 1. The number of benzene rings is 1. The van der Waals surface area contributed by atoms with Crippen LogP contribution in [0, 0.1) is 12.7 Å². The minimum absolute atomic E-state index is 0.0828. The second-order valence-corrected chi connectivity index (χ2v) is 4.58. The van der Waals surface area contributed by atoms with Crippen LogP contribution in [-0.2, 0) is 0 Å². The fourth-order valence-corrected chi connectivity index (χ4v) is 2.36. The third kappa shape index (κ3) is 2.47. The maximum Gasteiger partial charge on any atom is 0.131 e. The predicted molar refractivity (Wildman–Crippen MR) is 66.0 cm³/mol. The summed E-state index contributed by atoms with van der Waals surface area (Å²) in [6.45, 7) is 3.80. The number of piperazine rings is 1. The quantitative estimate of drug-likeness (QED) is 0.865. The van der Waals surface area contributed by atoms with Crippen molar-refractivity contribution in [1.82, 2.24) is 10.2 Å². The maximum absolute atomic E-state index is 13.9. The van der Waals surface area contributed by atoms with E-state index in [9.17, 15) is 13.9 Å². The Morgan fingerprint density at radius 1 is 1.39 bits per heavy atom. The minimum atomic E-state index is -0.702. The highest BCUT2D eigenvalue weighted by Crippen LogP contribution is 2.34. The Kier molecular flexibility index (Phi) is 4.14. The van der Waals surface area contributed by atoms with Crippen LogP contribution in [0.2, 0.25) is 0 Å². The third-order valence-electron chi connectivity index (χ3n) is 3.44. The highest BCUT2D eigenvalue weighted by Gasteiger charge is 2.27. The number of rotatable bonds is 3. The first kappa shape index (κ1) is 13.2. The van der Waals surface area contributed by atoms with Crippen LogP contribution in [0.1, 0.15) is 17.2 Å². The van der Waals surface area contributed by atoms with E-state index in [2.05, 4.69) is 5.32 Å². The molecule has 0 aliphatic carbocycles. The molecule has 2 N–H and O–H groups in total. The summed E-state index contributed by atoms with van der Waals surface area (Å²) < 4.78 is 27.1. The van der Waals surface area contributed by atoms with Crippen LogP contribution in [0.5, 0.6) is 5.75 Å². The van der Waals surface area contributed by atoms with E-state index in [1.807, 2.05) is 4.90 Å². The third-order valence-corrected chi connectivity index (χ3v) is 3.44. The highest BCUT2D eigenvalue weighted by molar-refractivity contribution is 5.42. The maximum atomic E-state index is 13.9. The number of alkyl halides is 1. The van der Waals surface area contributed by atoms with Gasteiger partial charge in [0.25, 0.3) is 0 Å². The van der Waals surface area contributed by atoms with Gasteiger partial charge in [-0.3, -0.25) is 4.90 Å². The van der Waals surface area contributed by atoms with Gasteiger partial charge in [0.1, 0.15) is 18.2 Å². The number of phenols is 1. The van der Waals surface area contributed by atoms with Gasteiger partial charge in [-0.15, -0.1) is 0 Å². The van der Waals surface area contributed by atoms with E-state index in [-0.39, 0.29) is 11.3 Å². The van der Waals surface area contributed by atoms with Gasteiger partial charge >= 0.3 is 0 Å². The van der Waals surface area contributed by atoms with Crippen LogP contribution in [-0.4, -0.2) is 42.9 Å².